The maximum absolute atomic E-state index is 10.3. The van der Waals surface area contributed by atoms with E-state index < -0.39 is 30.2 Å². The van der Waals surface area contributed by atoms with Gasteiger partial charge in [-0.25, -0.2) is 9.98 Å². The number of nitrogens with two attached hydrogens (primary N) is 1. The standard InChI is InChI=1S/C18H23N5O4/c19-18(7-6-11-4-2-1-3-5-11)15-16(20-9-22-18)23(10-21-15)17-14(26)13(25)12(8-24)27-17/h1-5,9,12-14,17,24-26H,6-8,10,19H2/t12-,13-,14-,17-,18?/m1/s1. The van der Waals surface area contributed by atoms with Gasteiger partial charge in [0.25, 0.3) is 0 Å². The number of aliphatic imine (C=N–C) groups is 3. The van der Waals surface area contributed by atoms with Crippen molar-refractivity contribution in [3.05, 3.63) is 35.9 Å². The number of amidine groups is 1. The first-order valence-corrected chi connectivity index (χ1v) is 8.92. The van der Waals surface area contributed by atoms with Crippen LogP contribution in [0.2, 0.25) is 0 Å². The normalized spacial score (nSPS) is 35.2. The molecular formula is C18H23N5O4. The second kappa shape index (κ2) is 7.10. The van der Waals surface area contributed by atoms with E-state index in [1.165, 1.54) is 6.34 Å². The van der Waals surface area contributed by atoms with Crippen molar-refractivity contribution in [3.63, 3.8) is 0 Å². The zero-order valence-corrected chi connectivity index (χ0v) is 14.7. The minimum absolute atomic E-state index is 0.189. The predicted molar refractivity (Wildman–Crippen MR) is 99.5 cm³/mol. The summed E-state index contributed by atoms with van der Waals surface area (Å²) in [7, 11) is 0. The number of ether oxygens (including phenoxy) is 1. The fourth-order valence-electron chi connectivity index (χ4n) is 3.64. The Morgan fingerprint density at radius 1 is 1.22 bits per heavy atom. The molecule has 5 N–H and O–H groups in total. The fraction of sp³-hybridized carbons (Fsp3) is 0.500. The number of benzene rings is 1. The molecule has 1 aromatic rings. The van der Waals surface area contributed by atoms with Crippen LogP contribution in [0.15, 0.2) is 45.3 Å². The summed E-state index contributed by atoms with van der Waals surface area (Å²) in [5, 5.41) is 29.6. The number of rotatable bonds is 5. The van der Waals surface area contributed by atoms with Gasteiger partial charge in [-0.2, -0.15) is 0 Å². The first-order valence-electron chi connectivity index (χ1n) is 8.92. The van der Waals surface area contributed by atoms with E-state index in [9.17, 15) is 15.3 Å². The Morgan fingerprint density at radius 2 is 2.00 bits per heavy atom. The van der Waals surface area contributed by atoms with Crippen LogP contribution < -0.4 is 5.73 Å². The molecule has 1 aromatic carbocycles. The number of aryl methyl sites for hydroxylation is 1. The molecule has 3 heterocycles. The molecule has 0 bridgehead atoms. The molecule has 4 rings (SSSR count). The Kier molecular flexibility index (Phi) is 4.79. The SMILES string of the molecule is NC1(CCc2ccccc2)N=CN=C2C1=NCN2[C@@H]1O[C@H](CO)[C@@H](O)[C@H]1O. The molecule has 3 aliphatic heterocycles. The quantitative estimate of drug-likeness (QED) is 0.515. The highest BCUT2D eigenvalue weighted by Crippen LogP contribution is 2.30. The van der Waals surface area contributed by atoms with E-state index in [-0.39, 0.29) is 13.3 Å². The molecular weight excluding hydrogens is 350 g/mol. The van der Waals surface area contributed by atoms with Crippen LogP contribution in [0, 0.1) is 0 Å². The molecule has 9 heteroatoms. The van der Waals surface area contributed by atoms with E-state index in [2.05, 4.69) is 15.0 Å². The molecule has 3 aliphatic rings. The number of hydrogen-bond acceptors (Lipinski definition) is 9. The molecule has 0 aromatic heterocycles. The molecule has 0 aliphatic carbocycles. The van der Waals surface area contributed by atoms with E-state index in [0.717, 1.165) is 12.0 Å². The van der Waals surface area contributed by atoms with Gasteiger partial charge in [0.05, 0.1) is 6.61 Å². The molecule has 144 valence electrons. The summed E-state index contributed by atoms with van der Waals surface area (Å²) >= 11 is 0. The average molecular weight is 373 g/mol. The molecule has 0 spiro atoms. The lowest BCUT2D eigenvalue weighted by atomic mass is 9.94. The lowest BCUT2D eigenvalue weighted by Crippen LogP contribution is -2.55. The summed E-state index contributed by atoms with van der Waals surface area (Å²) < 4.78 is 5.60. The van der Waals surface area contributed by atoms with Crippen LogP contribution in [0.5, 0.6) is 0 Å². The van der Waals surface area contributed by atoms with E-state index >= 15 is 0 Å². The van der Waals surface area contributed by atoms with Crippen molar-refractivity contribution in [1.82, 2.24) is 4.90 Å². The maximum atomic E-state index is 10.3. The van der Waals surface area contributed by atoms with Crippen LogP contribution in [-0.4, -0.2) is 81.6 Å². The van der Waals surface area contributed by atoms with Crippen molar-refractivity contribution >= 4 is 17.9 Å². The van der Waals surface area contributed by atoms with E-state index in [0.29, 0.717) is 18.0 Å². The van der Waals surface area contributed by atoms with Gasteiger partial charge < -0.3 is 30.7 Å². The molecule has 0 amide bonds. The Morgan fingerprint density at radius 3 is 2.70 bits per heavy atom. The lowest BCUT2D eigenvalue weighted by molar-refractivity contribution is -0.0688. The third-order valence-corrected chi connectivity index (χ3v) is 5.21. The fourth-order valence-corrected chi connectivity index (χ4v) is 3.64. The van der Waals surface area contributed by atoms with Gasteiger partial charge in [-0.05, 0) is 18.4 Å². The maximum Gasteiger partial charge on any atom is 0.162 e. The molecule has 1 saturated heterocycles. The average Bonchev–Trinajstić information content (AvgIpc) is 3.24. The Balaban J connectivity index is 1.50. The summed E-state index contributed by atoms with van der Waals surface area (Å²) in [4.78, 5) is 14.8. The van der Waals surface area contributed by atoms with Gasteiger partial charge in [0.2, 0.25) is 0 Å². The summed E-state index contributed by atoms with van der Waals surface area (Å²) in [5.41, 5.74) is 7.22. The van der Waals surface area contributed by atoms with Crippen LogP contribution in [0.4, 0.5) is 0 Å². The van der Waals surface area contributed by atoms with Crippen molar-refractivity contribution < 1.29 is 20.1 Å². The first-order chi connectivity index (χ1) is 13.0. The van der Waals surface area contributed by atoms with Crippen LogP contribution in [0.25, 0.3) is 0 Å². The molecule has 9 nitrogen and oxygen atoms in total. The van der Waals surface area contributed by atoms with Crippen molar-refractivity contribution in [3.8, 4) is 0 Å². The number of hydrogen-bond donors (Lipinski definition) is 4. The Labute approximate surface area is 156 Å². The van der Waals surface area contributed by atoms with E-state index in [1.807, 2.05) is 30.3 Å². The lowest BCUT2D eigenvalue weighted by Gasteiger charge is -2.32. The van der Waals surface area contributed by atoms with Crippen LogP contribution in [-0.2, 0) is 11.2 Å². The van der Waals surface area contributed by atoms with Crippen LogP contribution in [0.1, 0.15) is 12.0 Å². The largest absolute Gasteiger partial charge is 0.394 e. The second-order valence-electron chi connectivity index (χ2n) is 6.95. The molecule has 0 saturated carbocycles. The topological polar surface area (TPSA) is 136 Å². The van der Waals surface area contributed by atoms with Gasteiger partial charge in [-0.1, -0.05) is 30.3 Å². The number of aliphatic hydroxyl groups is 3. The molecule has 1 fully saturated rings. The van der Waals surface area contributed by atoms with E-state index in [4.69, 9.17) is 10.5 Å². The molecule has 5 atom stereocenters. The molecule has 0 radical (unpaired) electrons. The van der Waals surface area contributed by atoms with Gasteiger partial charge in [0, 0.05) is 0 Å². The smallest absolute Gasteiger partial charge is 0.162 e. The summed E-state index contributed by atoms with van der Waals surface area (Å²) in [6.07, 6.45) is -1.39. The monoisotopic (exact) mass is 373 g/mol. The minimum Gasteiger partial charge on any atom is -0.394 e. The Hall–Kier alpha value is -2.17. The predicted octanol–water partition coefficient (Wildman–Crippen LogP) is -1.13. The highest BCUT2D eigenvalue weighted by atomic mass is 16.6. The Bertz CT molecular complexity index is 783. The molecule has 27 heavy (non-hydrogen) atoms. The zero-order valence-electron chi connectivity index (χ0n) is 14.7. The van der Waals surface area contributed by atoms with Gasteiger partial charge >= 0.3 is 0 Å². The van der Waals surface area contributed by atoms with Crippen molar-refractivity contribution in [2.75, 3.05) is 13.3 Å². The summed E-state index contributed by atoms with van der Waals surface area (Å²) in [5.74, 6) is 0.482. The zero-order chi connectivity index (χ0) is 19.0. The highest BCUT2D eigenvalue weighted by Gasteiger charge is 2.50. The molecule has 1 unspecified atom stereocenters. The number of nitrogens with zero attached hydrogens (tertiary/aromatic N) is 4. The van der Waals surface area contributed by atoms with Crippen LogP contribution >= 0.6 is 0 Å². The van der Waals surface area contributed by atoms with Crippen molar-refractivity contribution in [1.29, 1.82) is 0 Å². The second-order valence-corrected chi connectivity index (χ2v) is 6.95. The van der Waals surface area contributed by atoms with Gasteiger partial charge in [-0.15, -0.1) is 0 Å². The van der Waals surface area contributed by atoms with Gasteiger partial charge in [0.15, 0.2) is 17.7 Å². The third kappa shape index (κ3) is 3.17. The van der Waals surface area contributed by atoms with Crippen LogP contribution in [0.3, 0.4) is 0 Å². The highest BCUT2D eigenvalue weighted by molar-refractivity contribution is 6.47. The number of fused-ring (bicyclic) bond motifs is 1. The first kappa shape index (κ1) is 18.2. The van der Waals surface area contributed by atoms with Crippen molar-refractivity contribution in [2.24, 2.45) is 20.7 Å². The third-order valence-electron chi connectivity index (χ3n) is 5.21. The number of aliphatic hydroxyl groups excluding tert-OH is 3. The van der Waals surface area contributed by atoms with Gasteiger partial charge in [-0.3, -0.25) is 4.99 Å². The minimum atomic E-state index is -1.19. The van der Waals surface area contributed by atoms with E-state index in [1.54, 1.807) is 4.90 Å². The van der Waals surface area contributed by atoms with Crippen molar-refractivity contribution in [2.45, 2.75) is 43.0 Å². The summed E-state index contributed by atoms with van der Waals surface area (Å²) in [6.45, 7) is -0.198. The van der Waals surface area contributed by atoms with Gasteiger partial charge in [0.1, 0.15) is 37.0 Å². The summed E-state index contributed by atoms with van der Waals surface area (Å²) in [6, 6.07) is 9.99.